The molecule has 0 bridgehead atoms. The number of halogens is 5. The third kappa shape index (κ3) is 7.81. The maximum absolute atomic E-state index is 14.1. The lowest BCUT2D eigenvalue weighted by molar-refractivity contribution is -0.224. The van der Waals surface area contributed by atoms with E-state index in [4.69, 9.17) is 39.4 Å². The molecule has 4 N–H and O–H groups in total. The molecule has 18 heteroatoms. The molecule has 0 fully saturated rings. The summed E-state index contributed by atoms with van der Waals surface area (Å²) in [6, 6.07) is 8.88. The van der Waals surface area contributed by atoms with Crippen LogP contribution in [0.4, 0.5) is 13.2 Å². The highest BCUT2D eigenvalue weighted by molar-refractivity contribution is 6.32. The minimum absolute atomic E-state index is 0.0271. The fraction of sp³-hybridized carbons (Fsp3) is 0.346. The van der Waals surface area contributed by atoms with Crippen LogP contribution in [0, 0.1) is 0 Å². The largest absolute Gasteiger partial charge is 0.451 e. The highest BCUT2D eigenvalue weighted by atomic mass is 35.5. The molecule has 3 aromatic heterocycles. The number of nitrogens with zero attached hydrogens (tertiary/aromatic N) is 7. The van der Waals surface area contributed by atoms with Gasteiger partial charge in [0, 0.05) is 23.2 Å². The van der Waals surface area contributed by atoms with Crippen LogP contribution in [0.25, 0.3) is 17.2 Å². The summed E-state index contributed by atoms with van der Waals surface area (Å²) < 4.78 is 49.5. The molecule has 0 aliphatic rings. The Morgan fingerprint density at radius 3 is 2.41 bits per heavy atom. The first-order valence-corrected chi connectivity index (χ1v) is 13.9. The van der Waals surface area contributed by atoms with Gasteiger partial charge < -0.3 is 16.2 Å². The van der Waals surface area contributed by atoms with Crippen LogP contribution in [-0.2, 0) is 22.6 Å². The van der Waals surface area contributed by atoms with Crippen LogP contribution in [-0.4, -0.2) is 64.8 Å². The zero-order valence-corrected chi connectivity index (χ0v) is 24.4. The Kier molecular flexibility index (Phi) is 10.4. The zero-order valence-electron chi connectivity index (χ0n) is 22.9. The normalized spacial score (nSPS) is 12.3. The van der Waals surface area contributed by atoms with E-state index in [-0.39, 0.29) is 40.3 Å². The smallest absolute Gasteiger partial charge is 0.427 e. The summed E-state index contributed by atoms with van der Waals surface area (Å²) in [5, 5.41) is 8.85. The summed E-state index contributed by atoms with van der Waals surface area (Å²) >= 11 is 12.2. The van der Waals surface area contributed by atoms with Crippen LogP contribution in [0.15, 0.2) is 47.4 Å². The van der Waals surface area contributed by atoms with Crippen molar-refractivity contribution in [2.24, 2.45) is 11.5 Å². The van der Waals surface area contributed by atoms with Gasteiger partial charge in [-0.3, -0.25) is 14.2 Å². The number of rotatable bonds is 13. The number of benzene rings is 1. The van der Waals surface area contributed by atoms with Gasteiger partial charge in [0.15, 0.2) is 17.5 Å². The highest BCUT2D eigenvalue weighted by Gasteiger charge is 2.44. The third-order valence-electron chi connectivity index (χ3n) is 6.20. The lowest BCUT2D eigenvalue weighted by Crippen LogP contribution is -2.40. The fourth-order valence-corrected chi connectivity index (χ4v) is 4.43. The quantitative estimate of drug-likeness (QED) is 0.162. The van der Waals surface area contributed by atoms with Gasteiger partial charge in [0.2, 0.25) is 11.9 Å². The van der Waals surface area contributed by atoms with Crippen LogP contribution in [0.2, 0.25) is 10.0 Å². The van der Waals surface area contributed by atoms with Gasteiger partial charge >= 0.3 is 17.8 Å². The standard InChI is InChI=1S/C26H26Cl2F3N9O4/c27-16-9-7-15(8-10-16)22-37-39(14-19-35-24(21(33)42)40(36-19)23-17(28)5-4-12-34-23)25(43)38(22)13-18(26(29,30)31)44-20(41)6-2-1-3-11-32/h4-5,7-10,12,18H,1-3,6,11,13-14,32H2,(H2,33,42)/t18-/m0/s1. The van der Waals surface area contributed by atoms with Crippen LogP contribution >= 0.6 is 23.2 Å². The molecule has 44 heavy (non-hydrogen) atoms. The summed E-state index contributed by atoms with van der Waals surface area (Å²) in [4.78, 5) is 46.0. The van der Waals surface area contributed by atoms with E-state index in [1.807, 2.05) is 0 Å². The first-order chi connectivity index (χ1) is 20.9. The van der Waals surface area contributed by atoms with Gasteiger partial charge in [-0.2, -0.15) is 17.9 Å². The Hall–Kier alpha value is -4.28. The molecule has 4 aromatic rings. The van der Waals surface area contributed by atoms with Crippen molar-refractivity contribution in [1.29, 1.82) is 0 Å². The number of nitrogens with two attached hydrogens (primary N) is 2. The number of ether oxygens (including phenoxy) is 1. The SMILES string of the molecule is NCCCCCC(=O)O[C@@H](Cn1c(-c2ccc(Cl)cc2)nn(Cc2nc(C(N)=O)n(-c3ncccc3Cl)n2)c1=O)C(F)(F)F. The van der Waals surface area contributed by atoms with E-state index in [1.165, 1.54) is 36.5 Å². The minimum atomic E-state index is -5.01. The molecule has 13 nitrogen and oxygen atoms in total. The lowest BCUT2D eigenvalue weighted by Gasteiger charge is -2.21. The second kappa shape index (κ2) is 14.0. The van der Waals surface area contributed by atoms with Gasteiger partial charge in [0.25, 0.3) is 5.91 Å². The molecule has 0 aliphatic heterocycles. The van der Waals surface area contributed by atoms with E-state index in [1.54, 1.807) is 6.07 Å². The topological polar surface area (TPSA) is 179 Å². The molecule has 0 saturated heterocycles. The van der Waals surface area contributed by atoms with Crippen LogP contribution in [0.3, 0.4) is 0 Å². The molecule has 4 rings (SSSR count). The highest BCUT2D eigenvalue weighted by Crippen LogP contribution is 2.27. The van der Waals surface area contributed by atoms with E-state index < -0.39 is 42.9 Å². The molecule has 234 valence electrons. The molecular weight excluding hydrogens is 630 g/mol. The number of esters is 1. The molecule has 0 radical (unpaired) electrons. The number of hydrogen-bond acceptors (Lipinski definition) is 9. The number of unbranched alkanes of at least 4 members (excludes halogenated alkanes) is 2. The summed E-state index contributed by atoms with van der Waals surface area (Å²) in [6.07, 6.45) is -5.07. The molecule has 1 atom stereocenters. The predicted molar refractivity (Wildman–Crippen MR) is 152 cm³/mol. The van der Waals surface area contributed by atoms with Gasteiger partial charge in [-0.15, -0.1) is 10.2 Å². The Morgan fingerprint density at radius 2 is 1.77 bits per heavy atom. The monoisotopic (exact) mass is 655 g/mol. The molecule has 0 spiro atoms. The Balaban J connectivity index is 1.71. The van der Waals surface area contributed by atoms with Crippen molar-refractivity contribution in [2.45, 2.75) is 51.1 Å². The van der Waals surface area contributed by atoms with Crippen molar-refractivity contribution < 1.29 is 27.5 Å². The number of pyridine rings is 1. The van der Waals surface area contributed by atoms with E-state index in [9.17, 15) is 27.6 Å². The maximum Gasteiger partial charge on any atom is 0.427 e. The van der Waals surface area contributed by atoms with Crippen molar-refractivity contribution in [1.82, 2.24) is 34.1 Å². The van der Waals surface area contributed by atoms with Gasteiger partial charge in [-0.05, 0) is 55.8 Å². The first-order valence-electron chi connectivity index (χ1n) is 13.2. The number of amides is 1. The Labute approximate surface area is 257 Å². The zero-order chi connectivity index (χ0) is 32.0. The van der Waals surface area contributed by atoms with E-state index in [0.29, 0.717) is 30.8 Å². The summed E-state index contributed by atoms with van der Waals surface area (Å²) in [5.74, 6) is -2.71. The first kappa shape index (κ1) is 32.6. The minimum Gasteiger partial charge on any atom is -0.451 e. The van der Waals surface area contributed by atoms with Gasteiger partial charge in [0.1, 0.15) is 6.54 Å². The van der Waals surface area contributed by atoms with Crippen molar-refractivity contribution in [3.05, 3.63) is 74.8 Å². The van der Waals surface area contributed by atoms with Crippen molar-refractivity contribution in [3.8, 4) is 17.2 Å². The summed E-state index contributed by atoms with van der Waals surface area (Å²) in [7, 11) is 0. The average molecular weight is 656 g/mol. The third-order valence-corrected chi connectivity index (χ3v) is 6.75. The number of hydrogen-bond donors (Lipinski definition) is 2. The van der Waals surface area contributed by atoms with Gasteiger partial charge in [-0.25, -0.2) is 19.4 Å². The maximum atomic E-state index is 14.1. The average Bonchev–Trinajstić information content (AvgIpc) is 3.52. The molecule has 0 aliphatic carbocycles. The number of carbonyl (C=O) groups excluding carboxylic acids is 2. The predicted octanol–water partition coefficient (Wildman–Crippen LogP) is 3.13. The van der Waals surface area contributed by atoms with Gasteiger partial charge in [-0.1, -0.05) is 29.6 Å². The van der Waals surface area contributed by atoms with Crippen molar-refractivity contribution >= 4 is 35.1 Å². The van der Waals surface area contributed by atoms with E-state index in [2.05, 4.69) is 20.2 Å². The number of aromatic nitrogens is 7. The molecule has 3 heterocycles. The molecule has 0 saturated carbocycles. The molecule has 1 aromatic carbocycles. The van der Waals surface area contributed by atoms with Crippen LogP contribution < -0.4 is 17.2 Å². The van der Waals surface area contributed by atoms with Gasteiger partial charge in [0.05, 0.1) is 11.6 Å². The fourth-order valence-electron chi connectivity index (χ4n) is 4.10. The Bertz CT molecular complexity index is 1690. The molecule has 0 unspecified atom stereocenters. The number of alkyl halides is 3. The van der Waals surface area contributed by atoms with Crippen molar-refractivity contribution in [3.63, 3.8) is 0 Å². The summed E-state index contributed by atoms with van der Waals surface area (Å²) in [5.41, 5.74) is 10.1. The van der Waals surface area contributed by atoms with E-state index >= 15 is 0 Å². The number of carbonyl (C=O) groups is 2. The summed E-state index contributed by atoms with van der Waals surface area (Å²) in [6.45, 7) is -1.19. The van der Waals surface area contributed by atoms with Crippen LogP contribution in [0.1, 0.15) is 42.1 Å². The molecule has 1 amide bonds. The second-order valence-electron chi connectivity index (χ2n) is 9.44. The molecular formula is C26H26Cl2F3N9O4. The van der Waals surface area contributed by atoms with E-state index in [0.717, 1.165) is 13.9 Å². The van der Waals surface area contributed by atoms with Crippen LogP contribution in [0.5, 0.6) is 0 Å². The number of primary amides is 1. The lowest BCUT2D eigenvalue weighted by atomic mass is 10.2. The second-order valence-corrected chi connectivity index (χ2v) is 10.3. The van der Waals surface area contributed by atoms with Crippen molar-refractivity contribution in [2.75, 3.05) is 6.54 Å². The Morgan fingerprint density at radius 1 is 1.05 bits per heavy atom.